The van der Waals surface area contributed by atoms with Crippen molar-refractivity contribution in [3.05, 3.63) is 94.0 Å². The summed E-state index contributed by atoms with van der Waals surface area (Å²) in [6.45, 7) is 5.81. The first-order valence-corrected chi connectivity index (χ1v) is 12.9. The Kier molecular flexibility index (Phi) is 9.87. The van der Waals surface area contributed by atoms with Gasteiger partial charge in [-0.3, -0.25) is 4.90 Å². The van der Waals surface area contributed by atoms with E-state index in [1.807, 2.05) is 59.5 Å². The number of morpholine rings is 1. The first-order valence-electron chi connectivity index (χ1n) is 12.1. The van der Waals surface area contributed by atoms with Crippen molar-refractivity contribution >= 4 is 34.9 Å². The number of nitrogens with one attached hydrogen (secondary N) is 1. The number of carbonyl (C=O) groups excluding carboxylic acids is 1. The van der Waals surface area contributed by atoms with Crippen molar-refractivity contribution < 1.29 is 14.3 Å². The van der Waals surface area contributed by atoms with Crippen molar-refractivity contribution in [1.82, 2.24) is 9.80 Å². The van der Waals surface area contributed by atoms with Gasteiger partial charge in [-0.25, -0.2) is 4.79 Å². The van der Waals surface area contributed by atoms with Gasteiger partial charge in [0.25, 0.3) is 0 Å². The van der Waals surface area contributed by atoms with E-state index in [1.165, 1.54) is 0 Å². The molecule has 1 heterocycles. The summed E-state index contributed by atoms with van der Waals surface area (Å²) in [5, 5.41) is 3.86. The smallest absolute Gasteiger partial charge is 0.322 e. The van der Waals surface area contributed by atoms with Crippen molar-refractivity contribution in [2.75, 3.05) is 44.7 Å². The number of anilines is 1. The number of halogens is 2. The quantitative estimate of drug-likeness (QED) is 0.334. The highest BCUT2D eigenvalue weighted by Crippen LogP contribution is 2.26. The fraction of sp³-hybridized carbons (Fsp3) is 0.321. The van der Waals surface area contributed by atoms with E-state index in [-0.39, 0.29) is 6.03 Å². The number of benzene rings is 3. The lowest BCUT2D eigenvalue weighted by Crippen LogP contribution is -2.40. The summed E-state index contributed by atoms with van der Waals surface area (Å²) in [6.07, 6.45) is 0.853. The summed E-state index contributed by atoms with van der Waals surface area (Å²) >= 11 is 12.3. The lowest BCUT2D eigenvalue weighted by molar-refractivity contribution is 0.0365. The van der Waals surface area contributed by atoms with Gasteiger partial charge in [0.15, 0.2) is 0 Å². The normalized spacial score (nSPS) is 13.8. The number of rotatable bonds is 10. The molecule has 3 aromatic rings. The summed E-state index contributed by atoms with van der Waals surface area (Å²) in [4.78, 5) is 17.5. The number of ether oxygens (including phenoxy) is 2. The minimum atomic E-state index is -0.211. The Morgan fingerprint density at radius 1 is 0.972 bits per heavy atom. The molecular formula is C28H31Cl2N3O3. The molecule has 190 valence electrons. The van der Waals surface area contributed by atoms with Gasteiger partial charge < -0.3 is 19.7 Å². The first-order chi connectivity index (χ1) is 17.6. The van der Waals surface area contributed by atoms with E-state index in [4.69, 9.17) is 32.7 Å². The van der Waals surface area contributed by atoms with Gasteiger partial charge in [-0.05, 0) is 47.9 Å². The molecule has 2 amide bonds. The van der Waals surface area contributed by atoms with Crippen LogP contribution < -0.4 is 10.1 Å². The van der Waals surface area contributed by atoms with Gasteiger partial charge in [0.05, 0.1) is 23.9 Å². The van der Waals surface area contributed by atoms with Crippen molar-refractivity contribution in [1.29, 1.82) is 0 Å². The lowest BCUT2D eigenvalue weighted by Gasteiger charge is -2.28. The van der Waals surface area contributed by atoms with Crippen LogP contribution in [0.1, 0.15) is 17.5 Å². The van der Waals surface area contributed by atoms with Crippen LogP contribution in [-0.2, 0) is 17.9 Å². The third-order valence-electron chi connectivity index (χ3n) is 5.99. The zero-order chi connectivity index (χ0) is 25.2. The SMILES string of the molecule is O=C(Nc1ccc(Cl)cc1Cl)N(CCCN1CCOCC1)Cc1cccc(OCc2ccccc2)c1. The van der Waals surface area contributed by atoms with E-state index in [0.29, 0.717) is 35.4 Å². The summed E-state index contributed by atoms with van der Waals surface area (Å²) in [5.74, 6) is 0.769. The zero-order valence-electron chi connectivity index (χ0n) is 20.2. The van der Waals surface area contributed by atoms with Gasteiger partial charge in [-0.1, -0.05) is 65.7 Å². The van der Waals surface area contributed by atoms with Crippen LogP contribution in [-0.4, -0.2) is 55.2 Å². The summed E-state index contributed by atoms with van der Waals surface area (Å²) in [6, 6.07) is 22.8. The Balaban J connectivity index is 1.41. The van der Waals surface area contributed by atoms with Crippen LogP contribution in [0.25, 0.3) is 0 Å². The van der Waals surface area contributed by atoms with Crippen LogP contribution >= 0.6 is 23.2 Å². The first kappa shape index (κ1) is 26.3. The Hall–Kier alpha value is -2.77. The van der Waals surface area contributed by atoms with Crippen molar-refractivity contribution in [2.45, 2.75) is 19.6 Å². The maximum absolute atomic E-state index is 13.3. The third-order valence-corrected chi connectivity index (χ3v) is 6.53. The second kappa shape index (κ2) is 13.5. The number of urea groups is 1. The average molecular weight is 528 g/mol. The lowest BCUT2D eigenvalue weighted by atomic mass is 10.2. The molecule has 1 fully saturated rings. The monoisotopic (exact) mass is 527 g/mol. The van der Waals surface area contributed by atoms with Gasteiger partial charge in [0.1, 0.15) is 12.4 Å². The van der Waals surface area contributed by atoms with Gasteiger partial charge >= 0.3 is 6.03 Å². The van der Waals surface area contributed by atoms with E-state index in [9.17, 15) is 4.79 Å². The molecular weight excluding hydrogens is 497 g/mol. The van der Waals surface area contributed by atoms with Crippen LogP contribution in [0.15, 0.2) is 72.8 Å². The zero-order valence-corrected chi connectivity index (χ0v) is 21.7. The molecule has 0 aromatic heterocycles. The molecule has 8 heteroatoms. The highest BCUT2D eigenvalue weighted by atomic mass is 35.5. The molecule has 0 aliphatic carbocycles. The second-order valence-corrected chi connectivity index (χ2v) is 9.55. The molecule has 0 spiro atoms. The Bertz CT molecular complexity index is 1120. The maximum atomic E-state index is 13.3. The molecule has 0 unspecified atom stereocenters. The topological polar surface area (TPSA) is 54.0 Å². The van der Waals surface area contributed by atoms with Crippen molar-refractivity contribution in [2.24, 2.45) is 0 Å². The predicted molar refractivity (Wildman–Crippen MR) is 145 cm³/mol. The third kappa shape index (κ3) is 8.14. The molecule has 1 N–H and O–H groups in total. The molecule has 36 heavy (non-hydrogen) atoms. The summed E-state index contributed by atoms with van der Waals surface area (Å²) in [5.41, 5.74) is 2.63. The second-order valence-electron chi connectivity index (χ2n) is 8.71. The number of nitrogens with zero attached hydrogens (tertiary/aromatic N) is 2. The van der Waals surface area contributed by atoms with E-state index in [0.717, 1.165) is 56.1 Å². The van der Waals surface area contributed by atoms with Crippen LogP contribution in [0.3, 0.4) is 0 Å². The Morgan fingerprint density at radius 3 is 2.53 bits per heavy atom. The molecule has 0 saturated carbocycles. The minimum absolute atomic E-state index is 0.211. The van der Waals surface area contributed by atoms with Crippen molar-refractivity contribution in [3.63, 3.8) is 0 Å². The molecule has 6 nitrogen and oxygen atoms in total. The maximum Gasteiger partial charge on any atom is 0.322 e. The molecule has 0 bridgehead atoms. The molecule has 1 aliphatic rings. The Labute approximate surface area is 222 Å². The van der Waals surface area contributed by atoms with Crippen LogP contribution in [0.5, 0.6) is 5.75 Å². The standard InChI is InChI=1S/C28H31Cl2N3O3/c29-24-10-11-27(26(30)19-24)31-28(34)33(13-5-12-32-14-16-35-17-15-32)20-23-8-4-9-25(18-23)36-21-22-6-2-1-3-7-22/h1-4,6-11,18-19H,5,12-17,20-21H2,(H,31,34). The van der Waals surface area contributed by atoms with E-state index in [1.54, 1.807) is 18.2 Å². The molecule has 3 aromatic carbocycles. The summed E-state index contributed by atoms with van der Waals surface area (Å²) in [7, 11) is 0. The van der Waals surface area contributed by atoms with Gasteiger partial charge in [0, 0.05) is 37.7 Å². The Morgan fingerprint density at radius 2 is 1.75 bits per heavy atom. The molecule has 0 atom stereocenters. The number of amides is 2. The molecule has 1 aliphatic heterocycles. The molecule has 1 saturated heterocycles. The number of hydrogen-bond acceptors (Lipinski definition) is 4. The fourth-order valence-corrected chi connectivity index (χ4v) is 4.50. The van der Waals surface area contributed by atoms with Crippen molar-refractivity contribution in [3.8, 4) is 5.75 Å². The van der Waals surface area contributed by atoms with Gasteiger partial charge in [-0.2, -0.15) is 0 Å². The highest BCUT2D eigenvalue weighted by molar-refractivity contribution is 6.36. The average Bonchev–Trinajstić information content (AvgIpc) is 2.90. The van der Waals surface area contributed by atoms with E-state index in [2.05, 4.69) is 10.2 Å². The fourth-order valence-electron chi connectivity index (χ4n) is 4.04. The van der Waals surface area contributed by atoms with Crippen LogP contribution in [0.2, 0.25) is 10.0 Å². The van der Waals surface area contributed by atoms with E-state index < -0.39 is 0 Å². The largest absolute Gasteiger partial charge is 0.489 e. The molecule has 4 rings (SSSR count). The predicted octanol–water partition coefficient (Wildman–Crippen LogP) is 6.33. The number of hydrogen-bond donors (Lipinski definition) is 1. The summed E-state index contributed by atoms with van der Waals surface area (Å²) < 4.78 is 11.4. The highest BCUT2D eigenvalue weighted by Gasteiger charge is 2.17. The van der Waals surface area contributed by atoms with Gasteiger partial charge in [-0.15, -0.1) is 0 Å². The number of carbonyl (C=O) groups is 1. The molecule has 0 radical (unpaired) electrons. The van der Waals surface area contributed by atoms with Gasteiger partial charge in [0.2, 0.25) is 0 Å². The van der Waals surface area contributed by atoms with Crippen LogP contribution in [0, 0.1) is 0 Å². The van der Waals surface area contributed by atoms with E-state index >= 15 is 0 Å². The van der Waals surface area contributed by atoms with Crippen LogP contribution in [0.4, 0.5) is 10.5 Å². The minimum Gasteiger partial charge on any atom is -0.489 e.